The summed E-state index contributed by atoms with van der Waals surface area (Å²) in [6.45, 7) is 5.49. The molecule has 4 rings (SSSR count). The zero-order valence-electron chi connectivity index (χ0n) is 15.2. The molecule has 2 saturated heterocycles. The molecule has 2 aliphatic rings. The summed E-state index contributed by atoms with van der Waals surface area (Å²) < 4.78 is 6.96. The maximum Gasteiger partial charge on any atom is 0.260 e. The molecule has 1 atom stereocenters. The maximum absolute atomic E-state index is 12.1. The van der Waals surface area contributed by atoms with Crippen molar-refractivity contribution < 1.29 is 9.84 Å². The summed E-state index contributed by atoms with van der Waals surface area (Å²) in [6, 6.07) is 5.87. The minimum absolute atomic E-state index is 0.0192. The lowest BCUT2D eigenvalue weighted by atomic mass is 9.96. The Kier molecular flexibility index (Phi) is 4.69. The van der Waals surface area contributed by atoms with Crippen molar-refractivity contribution in [2.24, 2.45) is 7.05 Å². The van der Waals surface area contributed by atoms with Crippen LogP contribution in [0, 0.1) is 0 Å². The molecule has 0 bridgehead atoms. The third-order valence-electron chi connectivity index (χ3n) is 5.46. The van der Waals surface area contributed by atoms with Crippen LogP contribution in [0.4, 0.5) is 5.69 Å². The van der Waals surface area contributed by atoms with Gasteiger partial charge in [-0.2, -0.15) is 0 Å². The monoisotopic (exact) mass is 358 g/mol. The van der Waals surface area contributed by atoms with Gasteiger partial charge in [-0.1, -0.05) is 0 Å². The van der Waals surface area contributed by atoms with E-state index < -0.39 is 5.60 Å². The van der Waals surface area contributed by atoms with Gasteiger partial charge in [0.25, 0.3) is 5.56 Å². The summed E-state index contributed by atoms with van der Waals surface area (Å²) in [4.78, 5) is 21.2. The predicted octanol–water partition coefficient (Wildman–Crippen LogP) is 0.597. The minimum Gasteiger partial charge on any atom is -0.386 e. The van der Waals surface area contributed by atoms with Crippen molar-refractivity contribution in [1.82, 2.24) is 14.5 Å². The van der Waals surface area contributed by atoms with Crippen LogP contribution in [-0.4, -0.2) is 71.1 Å². The topological polar surface area (TPSA) is 70.8 Å². The zero-order chi connectivity index (χ0) is 18.1. The molecule has 2 fully saturated rings. The average molecular weight is 358 g/mol. The molecular formula is C19H26N4O3. The number of aryl methyl sites for hydroxylation is 1. The molecule has 0 saturated carbocycles. The van der Waals surface area contributed by atoms with Gasteiger partial charge in [0.1, 0.15) is 5.60 Å². The van der Waals surface area contributed by atoms with Gasteiger partial charge in [-0.15, -0.1) is 0 Å². The van der Waals surface area contributed by atoms with E-state index in [1.807, 2.05) is 18.2 Å². The van der Waals surface area contributed by atoms with Crippen LogP contribution >= 0.6 is 0 Å². The number of β-amino-alcohol motifs (C(OH)–C–C–N with tert-alkyl or cyclic N) is 1. The van der Waals surface area contributed by atoms with Crippen LogP contribution in [-0.2, 0) is 11.8 Å². The lowest BCUT2D eigenvalue weighted by molar-refractivity contribution is -0.100. The molecular weight excluding hydrogens is 332 g/mol. The van der Waals surface area contributed by atoms with Gasteiger partial charge in [-0.05, 0) is 31.0 Å². The van der Waals surface area contributed by atoms with E-state index in [1.165, 1.54) is 4.57 Å². The highest BCUT2D eigenvalue weighted by molar-refractivity contribution is 5.81. The van der Waals surface area contributed by atoms with E-state index in [4.69, 9.17) is 4.74 Å². The predicted molar refractivity (Wildman–Crippen MR) is 101 cm³/mol. The van der Waals surface area contributed by atoms with E-state index in [2.05, 4.69) is 14.8 Å². The van der Waals surface area contributed by atoms with Gasteiger partial charge in [0, 0.05) is 52.1 Å². The molecule has 2 aromatic rings. The highest BCUT2D eigenvalue weighted by Gasteiger charge is 2.33. The number of aromatic nitrogens is 2. The Bertz CT molecular complexity index is 836. The normalized spacial score (nSPS) is 24.9. The number of hydrogen-bond acceptors (Lipinski definition) is 6. The van der Waals surface area contributed by atoms with E-state index in [0.717, 1.165) is 56.8 Å². The van der Waals surface area contributed by atoms with E-state index in [9.17, 15) is 9.90 Å². The molecule has 1 aromatic heterocycles. The molecule has 7 nitrogen and oxygen atoms in total. The Labute approximate surface area is 152 Å². The quantitative estimate of drug-likeness (QED) is 0.866. The second kappa shape index (κ2) is 6.98. The van der Waals surface area contributed by atoms with Crippen LogP contribution in [0.15, 0.2) is 29.3 Å². The van der Waals surface area contributed by atoms with Crippen molar-refractivity contribution in [3.8, 4) is 0 Å². The number of fused-ring (bicyclic) bond motifs is 1. The van der Waals surface area contributed by atoms with Crippen LogP contribution in [0.2, 0.25) is 0 Å². The van der Waals surface area contributed by atoms with Gasteiger partial charge in [0.15, 0.2) is 0 Å². The summed E-state index contributed by atoms with van der Waals surface area (Å²) in [5, 5.41) is 11.3. The van der Waals surface area contributed by atoms with Gasteiger partial charge in [-0.3, -0.25) is 9.69 Å². The molecule has 1 aromatic carbocycles. The third kappa shape index (κ3) is 3.47. The smallest absolute Gasteiger partial charge is 0.260 e. The summed E-state index contributed by atoms with van der Waals surface area (Å²) in [5.41, 5.74) is 1.11. The molecule has 0 aliphatic carbocycles. The van der Waals surface area contributed by atoms with Crippen LogP contribution < -0.4 is 10.5 Å². The first-order chi connectivity index (χ1) is 12.5. The summed E-state index contributed by atoms with van der Waals surface area (Å²) >= 11 is 0. The molecule has 140 valence electrons. The fourth-order valence-corrected chi connectivity index (χ4v) is 3.94. The second-order valence-electron chi connectivity index (χ2n) is 7.51. The van der Waals surface area contributed by atoms with E-state index in [1.54, 1.807) is 13.4 Å². The summed E-state index contributed by atoms with van der Waals surface area (Å²) in [6.07, 6.45) is 3.32. The van der Waals surface area contributed by atoms with Crippen LogP contribution in [0.1, 0.15) is 12.8 Å². The highest BCUT2D eigenvalue weighted by Crippen LogP contribution is 2.23. The van der Waals surface area contributed by atoms with Gasteiger partial charge in [0.05, 0.1) is 23.8 Å². The van der Waals surface area contributed by atoms with Crippen molar-refractivity contribution in [3.63, 3.8) is 0 Å². The Balaban J connectivity index is 1.42. The average Bonchev–Trinajstić information content (AvgIpc) is 2.65. The molecule has 1 N–H and O–H groups in total. The molecule has 1 unspecified atom stereocenters. The first-order valence-corrected chi connectivity index (χ1v) is 9.27. The fraction of sp³-hybridized carbons (Fsp3) is 0.579. The van der Waals surface area contributed by atoms with Crippen molar-refractivity contribution >= 4 is 16.6 Å². The first-order valence-electron chi connectivity index (χ1n) is 9.27. The van der Waals surface area contributed by atoms with Gasteiger partial charge < -0.3 is 19.3 Å². The standard InChI is InChI=1S/C19H26N4O3/c1-21-14-20-17-11-15(3-4-16(17)18(21)24)23-8-6-22(7-9-23)12-19(25)5-2-10-26-13-19/h3-4,11,14,25H,2,5-10,12-13H2,1H3. The van der Waals surface area contributed by atoms with Crippen LogP contribution in [0.5, 0.6) is 0 Å². The number of benzene rings is 1. The van der Waals surface area contributed by atoms with Gasteiger partial charge in [-0.25, -0.2) is 4.98 Å². The van der Waals surface area contributed by atoms with Crippen molar-refractivity contribution in [2.45, 2.75) is 18.4 Å². The number of rotatable bonds is 3. The molecule has 2 aliphatic heterocycles. The summed E-state index contributed by atoms with van der Waals surface area (Å²) in [5.74, 6) is 0. The van der Waals surface area contributed by atoms with Crippen LogP contribution in [0.3, 0.4) is 0 Å². The van der Waals surface area contributed by atoms with E-state index in [0.29, 0.717) is 18.5 Å². The Morgan fingerprint density at radius 1 is 1.27 bits per heavy atom. The molecule has 0 radical (unpaired) electrons. The maximum atomic E-state index is 12.1. The van der Waals surface area contributed by atoms with E-state index >= 15 is 0 Å². The number of anilines is 1. The van der Waals surface area contributed by atoms with Crippen molar-refractivity contribution in [1.29, 1.82) is 0 Å². The molecule has 0 spiro atoms. The summed E-state index contributed by atoms with van der Waals surface area (Å²) in [7, 11) is 1.72. The third-order valence-corrected chi connectivity index (χ3v) is 5.46. The number of aliphatic hydroxyl groups is 1. The van der Waals surface area contributed by atoms with Crippen molar-refractivity contribution in [3.05, 3.63) is 34.9 Å². The van der Waals surface area contributed by atoms with Gasteiger partial charge in [0.2, 0.25) is 0 Å². The molecule has 3 heterocycles. The minimum atomic E-state index is -0.701. The molecule has 0 amide bonds. The highest BCUT2D eigenvalue weighted by atomic mass is 16.5. The fourth-order valence-electron chi connectivity index (χ4n) is 3.94. The number of ether oxygens (including phenoxy) is 1. The van der Waals surface area contributed by atoms with Gasteiger partial charge >= 0.3 is 0 Å². The number of nitrogens with zero attached hydrogens (tertiary/aromatic N) is 4. The van der Waals surface area contributed by atoms with Crippen molar-refractivity contribution in [2.75, 3.05) is 50.8 Å². The molecule has 26 heavy (non-hydrogen) atoms. The Morgan fingerprint density at radius 2 is 2.08 bits per heavy atom. The second-order valence-corrected chi connectivity index (χ2v) is 7.51. The SMILES string of the molecule is Cn1cnc2cc(N3CCN(CC4(O)CCCOC4)CC3)ccc2c1=O. The number of hydrogen-bond donors (Lipinski definition) is 1. The Morgan fingerprint density at radius 3 is 2.81 bits per heavy atom. The number of piperazine rings is 1. The van der Waals surface area contributed by atoms with E-state index in [-0.39, 0.29) is 5.56 Å². The largest absolute Gasteiger partial charge is 0.386 e. The molecule has 7 heteroatoms. The lowest BCUT2D eigenvalue weighted by Gasteiger charge is -2.41. The Hall–Kier alpha value is -1.96. The van der Waals surface area contributed by atoms with Crippen LogP contribution in [0.25, 0.3) is 10.9 Å². The lowest BCUT2D eigenvalue weighted by Crippen LogP contribution is -2.54. The first kappa shape index (κ1) is 17.5. The zero-order valence-corrected chi connectivity index (χ0v) is 15.2.